The number of thiocarbonyl (C=S) groups is 1. The van der Waals surface area contributed by atoms with Gasteiger partial charge < -0.3 is 10.2 Å². The summed E-state index contributed by atoms with van der Waals surface area (Å²) >= 11 is 6.20. The first-order chi connectivity index (χ1) is 11.2. The molecule has 132 valence electrons. The summed E-state index contributed by atoms with van der Waals surface area (Å²) in [6.07, 6.45) is 3.59. The van der Waals surface area contributed by atoms with E-state index in [1.165, 1.54) is 12.8 Å². The molecule has 0 spiro atoms. The van der Waals surface area contributed by atoms with Crippen LogP contribution in [0.4, 0.5) is 14.5 Å². The number of fused-ring (bicyclic) bond motifs is 2. The molecule has 0 radical (unpaired) electrons. The lowest BCUT2D eigenvalue weighted by Crippen LogP contribution is -2.39. The Labute approximate surface area is 152 Å². The average Bonchev–Trinajstić information content (AvgIpc) is 2.69. The van der Waals surface area contributed by atoms with Crippen LogP contribution in [0.25, 0.3) is 0 Å². The third-order valence-corrected chi connectivity index (χ3v) is 6.07. The summed E-state index contributed by atoms with van der Waals surface area (Å²) in [6.45, 7) is 8.04. The van der Waals surface area contributed by atoms with E-state index in [9.17, 15) is 8.78 Å². The van der Waals surface area contributed by atoms with Crippen LogP contribution in [-0.4, -0.2) is 28.4 Å². The molecule has 2 fully saturated rings. The zero-order chi connectivity index (χ0) is 17.5. The Hall–Kier alpha value is -0.880. The highest BCUT2D eigenvalue weighted by atomic mass is 32.2. The molecule has 24 heavy (non-hydrogen) atoms. The number of thioether (sulfide) groups is 1. The lowest BCUT2D eigenvalue weighted by molar-refractivity contribution is 0.132. The Bertz CT molecular complexity index is 618. The lowest BCUT2D eigenvalue weighted by atomic mass is 9.65. The van der Waals surface area contributed by atoms with E-state index < -0.39 is 5.76 Å². The highest BCUT2D eigenvalue weighted by Crippen LogP contribution is 2.52. The van der Waals surface area contributed by atoms with Gasteiger partial charge in [-0.3, -0.25) is 0 Å². The van der Waals surface area contributed by atoms with Crippen molar-refractivity contribution < 1.29 is 8.78 Å². The molecule has 2 nitrogen and oxygen atoms in total. The normalized spacial score (nSPS) is 28.2. The van der Waals surface area contributed by atoms with E-state index >= 15 is 0 Å². The zero-order valence-electron chi connectivity index (χ0n) is 14.3. The van der Waals surface area contributed by atoms with Gasteiger partial charge in [0.05, 0.1) is 0 Å². The molecule has 1 heterocycles. The van der Waals surface area contributed by atoms with E-state index in [1.807, 2.05) is 12.1 Å². The zero-order valence-corrected chi connectivity index (χ0v) is 15.9. The predicted molar refractivity (Wildman–Crippen MR) is 101 cm³/mol. The third-order valence-electron chi connectivity index (χ3n) is 5.01. The largest absolute Gasteiger partial charge is 0.345 e. The Morgan fingerprint density at radius 2 is 1.92 bits per heavy atom. The maximum Gasteiger partial charge on any atom is 0.288 e. The summed E-state index contributed by atoms with van der Waals surface area (Å²) in [6, 6.07) is 7.52. The third kappa shape index (κ3) is 4.02. The van der Waals surface area contributed by atoms with E-state index in [0.29, 0.717) is 33.5 Å². The molecule has 1 saturated carbocycles. The minimum Gasteiger partial charge on any atom is -0.345 e. The smallest absolute Gasteiger partial charge is 0.288 e. The van der Waals surface area contributed by atoms with Gasteiger partial charge in [-0.15, -0.1) is 0 Å². The number of nitrogens with zero attached hydrogens (tertiary/aromatic N) is 1. The topological polar surface area (TPSA) is 15.3 Å². The van der Waals surface area contributed by atoms with Crippen LogP contribution < -0.4 is 5.32 Å². The molecule has 0 unspecified atom stereocenters. The monoisotopic (exact) mass is 370 g/mol. The molecule has 1 aromatic rings. The Morgan fingerprint density at radius 3 is 2.54 bits per heavy atom. The van der Waals surface area contributed by atoms with Crippen LogP contribution >= 0.6 is 24.0 Å². The van der Waals surface area contributed by atoms with E-state index in [2.05, 4.69) is 31.0 Å². The van der Waals surface area contributed by atoms with Crippen molar-refractivity contribution in [2.24, 2.45) is 10.8 Å². The van der Waals surface area contributed by atoms with Crippen LogP contribution in [0.5, 0.6) is 0 Å². The molecule has 0 amide bonds. The Kier molecular flexibility index (Phi) is 4.82. The second-order valence-corrected chi connectivity index (χ2v) is 9.62. The van der Waals surface area contributed by atoms with Crippen molar-refractivity contribution in [1.29, 1.82) is 0 Å². The van der Waals surface area contributed by atoms with Gasteiger partial charge in [0.25, 0.3) is 5.76 Å². The number of hydrogen-bond donors (Lipinski definition) is 1. The second kappa shape index (κ2) is 6.45. The number of rotatable bonds is 3. The maximum absolute atomic E-state index is 12.4. The standard InChI is InChI=1S/C18H24F2N2S2/c1-17(2)8-13-9-18(3,10-17)11-22(13)16(23)21-12-4-6-14(7-5-12)24-15(19)20/h4-7,13,15H,8-11H2,1-3H3,(H,21,23)/t13-,18+/m1/s1. The van der Waals surface area contributed by atoms with Crippen LogP contribution in [0.2, 0.25) is 0 Å². The first-order valence-electron chi connectivity index (χ1n) is 8.28. The molecule has 0 aromatic heterocycles. The molecule has 2 atom stereocenters. The van der Waals surface area contributed by atoms with Gasteiger partial charge in [-0.1, -0.05) is 32.5 Å². The van der Waals surface area contributed by atoms with Crippen LogP contribution in [-0.2, 0) is 0 Å². The summed E-state index contributed by atoms with van der Waals surface area (Å²) in [5, 5.41) is 4.03. The van der Waals surface area contributed by atoms with Gasteiger partial charge >= 0.3 is 0 Å². The van der Waals surface area contributed by atoms with Crippen LogP contribution in [0.15, 0.2) is 29.2 Å². The van der Waals surface area contributed by atoms with Crippen molar-refractivity contribution in [1.82, 2.24) is 4.90 Å². The fourth-order valence-electron chi connectivity index (χ4n) is 4.61. The van der Waals surface area contributed by atoms with Crippen LogP contribution in [0.1, 0.15) is 40.0 Å². The van der Waals surface area contributed by atoms with Crippen molar-refractivity contribution >= 4 is 34.8 Å². The number of alkyl halides is 2. The van der Waals surface area contributed by atoms with Crippen LogP contribution in [0, 0.1) is 10.8 Å². The molecular weight excluding hydrogens is 346 g/mol. The Balaban J connectivity index is 1.65. The molecule has 1 aliphatic carbocycles. The van der Waals surface area contributed by atoms with Crippen LogP contribution in [0.3, 0.4) is 0 Å². The highest BCUT2D eigenvalue weighted by molar-refractivity contribution is 7.99. The molecule has 2 aliphatic rings. The maximum atomic E-state index is 12.4. The highest BCUT2D eigenvalue weighted by Gasteiger charge is 2.50. The summed E-state index contributed by atoms with van der Waals surface area (Å²) in [5.74, 6) is -2.39. The molecule has 6 heteroatoms. The van der Waals surface area contributed by atoms with Gasteiger partial charge in [0, 0.05) is 23.2 Å². The minimum atomic E-state index is -2.39. The number of likely N-dealkylation sites (tertiary alicyclic amines) is 1. The molecule has 1 N–H and O–H groups in total. The van der Waals surface area contributed by atoms with E-state index in [1.54, 1.807) is 12.1 Å². The van der Waals surface area contributed by atoms with Crippen molar-refractivity contribution in [2.75, 3.05) is 11.9 Å². The quantitative estimate of drug-likeness (QED) is 0.550. The number of benzene rings is 1. The molecular formula is C18H24F2N2S2. The molecule has 2 bridgehead atoms. The van der Waals surface area contributed by atoms with Crippen molar-refractivity contribution in [3.8, 4) is 0 Å². The van der Waals surface area contributed by atoms with Gasteiger partial charge in [0.1, 0.15) is 0 Å². The number of nitrogens with one attached hydrogen (secondary N) is 1. The van der Waals surface area contributed by atoms with Gasteiger partial charge in [0.2, 0.25) is 0 Å². The minimum absolute atomic E-state index is 0.329. The van der Waals surface area contributed by atoms with Gasteiger partial charge in [-0.05, 0) is 66.6 Å². The number of hydrogen-bond acceptors (Lipinski definition) is 2. The van der Waals surface area contributed by atoms with Crippen molar-refractivity contribution in [2.45, 2.75) is 56.7 Å². The van der Waals surface area contributed by atoms with Crippen molar-refractivity contribution in [3.05, 3.63) is 24.3 Å². The fraction of sp³-hybridized carbons (Fsp3) is 0.611. The number of halogens is 2. The predicted octanol–water partition coefficient (Wildman–Crippen LogP) is 5.60. The first-order valence-corrected chi connectivity index (χ1v) is 9.57. The Morgan fingerprint density at radius 1 is 1.25 bits per heavy atom. The summed E-state index contributed by atoms with van der Waals surface area (Å²) in [4.78, 5) is 2.89. The summed E-state index contributed by atoms with van der Waals surface area (Å²) in [7, 11) is 0. The molecule has 1 aliphatic heterocycles. The van der Waals surface area contributed by atoms with Gasteiger partial charge in [-0.2, -0.15) is 8.78 Å². The van der Waals surface area contributed by atoms with Gasteiger partial charge in [-0.25, -0.2) is 0 Å². The molecule has 3 rings (SSSR count). The van der Waals surface area contributed by atoms with E-state index in [4.69, 9.17) is 12.2 Å². The molecule has 1 saturated heterocycles. The van der Waals surface area contributed by atoms with Crippen molar-refractivity contribution in [3.63, 3.8) is 0 Å². The van der Waals surface area contributed by atoms with E-state index in [-0.39, 0.29) is 0 Å². The fourth-order valence-corrected chi connectivity index (χ4v) is 5.44. The van der Waals surface area contributed by atoms with Gasteiger partial charge in [0.15, 0.2) is 5.11 Å². The second-order valence-electron chi connectivity index (χ2n) is 8.17. The number of anilines is 1. The lowest BCUT2D eigenvalue weighted by Gasteiger charge is -2.39. The first kappa shape index (κ1) is 17.9. The summed E-state index contributed by atoms with van der Waals surface area (Å²) in [5.41, 5.74) is 1.54. The average molecular weight is 371 g/mol. The molecule has 1 aromatic carbocycles. The van der Waals surface area contributed by atoms with E-state index in [0.717, 1.165) is 23.8 Å². The summed E-state index contributed by atoms with van der Waals surface area (Å²) < 4.78 is 24.8. The SMILES string of the molecule is CC1(C)C[C@@H]2C[C@](C)(CN2C(=S)Nc2ccc(SC(F)F)cc2)C1.